The number of rotatable bonds is 1. The van der Waals surface area contributed by atoms with Gasteiger partial charge < -0.3 is 10.4 Å². The summed E-state index contributed by atoms with van der Waals surface area (Å²) in [6, 6.07) is 0. The smallest absolute Gasteiger partial charge is 0.331 e. The number of aliphatic carboxylic acids is 1. The zero-order valence-electron chi connectivity index (χ0n) is 6.62. The molecule has 1 fully saturated rings. The minimum Gasteiger partial charge on any atom is -0.478 e. The Kier molecular flexibility index (Phi) is 2.75. The Labute approximate surface area is 77.3 Å². The third-order valence-corrected chi connectivity index (χ3v) is 2.56. The molecule has 2 N–H and O–H groups in total. The molecule has 4 heteroatoms. The van der Waals surface area contributed by atoms with Crippen LogP contribution in [0.2, 0.25) is 0 Å². The van der Waals surface area contributed by atoms with Crippen LogP contribution in [0.3, 0.4) is 0 Å². The first-order valence-corrected chi connectivity index (χ1v) is 3.92. The molecule has 68 valence electrons. The minimum absolute atomic E-state index is 0. The van der Waals surface area contributed by atoms with Gasteiger partial charge >= 0.3 is 5.97 Å². The van der Waals surface area contributed by atoms with Gasteiger partial charge in [0.05, 0.1) is 0 Å². The molecule has 12 heavy (non-hydrogen) atoms. The van der Waals surface area contributed by atoms with Crippen molar-refractivity contribution in [2.24, 2.45) is 11.8 Å². The van der Waals surface area contributed by atoms with Gasteiger partial charge in [-0.3, -0.25) is 0 Å². The molecule has 0 aromatic carbocycles. The van der Waals surface area contributed by atoms with Crippen molar-refractivity contribution in [2.45, 2.75) is 6.42 Å². The molecule has 2 rings (SSSR count). The van der Waals surface area contributed by atoms with Gasteiger partial charge in [-0.15, -0.1) is 12.4 Å². The maximum absolute atomic E-state index is 10.5. The Bertz CT molecular complexity index is 227. The summed E-state index contributed by atoms with van der Waals surface area (Å²) < 4.78 is 0. The maximum atomic E-state index is 10.5. The van der Waals surface area contributed by atoms with E-state index in [1.807, 2.05) is 6.08 Å². The Morgan fingerprint density at radius 3 is 2.92 bits per heavy atom. The van der Waals surface area contributed by atoms with Crippen molar-refractivity contribution in [3.63, 3.8) is 0 Å². The van der Waals surface area contributed by atoms with Gasteiger partial charge in [0, 0.05) is 12.1 Å². The number of nitrogens with one attached hydrogen (secondary N) is 1. The number of carboxylic acid groups (broad SMARTS) is 1. The molecule has 0 aromatic heterocycles. The van der Waals surface area contributed by atoms with Crippen LogP contribution in [0.1, 0.15) is 6.42 Å². The van der Waals surface area contributed by atoms with Crippen LogP contribution in [-0.4, -0.2) is 24.2 Å². The van der Waals surface area contributed by atoms with Crippen molar-refractivity contribution in [2.75, 3.05) is 13.1 Å². The summed E-state index contributed by atoms with van der Waals surface area (Å²) >= 11 is 0. The molecule has 0 amide bonds. The third-order valence-electron chi connectivity index (χ3n) is 2.56. The molecule has 0 aromatic rings. The maximum Gasteiger partial charge on any atom is 0.331 e. The third kappa shape index (κ3) is 1.47. The van der Waals surface area contributed by atoms with Gasteiger partial charge in [-0.2, -0.15) is 0 Å². The van der Waals surface area contributed by atoms with E-state index in [0.717, 1.165) is 19.5 Å². The lowest BCUT2D eigenvalue weighted by Gasteiger charge is -2.03. The lowest BCUT2D eigenvalue weighted by molar-refractivity contribution is -0.132. The second-order valence-corrected chi connectivity index (χ2v) is 3.28. The number of carbonyl (C=O) groups is 1. The van der Waals surface area contributed by atoms with Gasteiger partial charge in [-0.05, 0) is 24.8 Å². The van der Waals surface area contributed by atoms with E-state index in [-0.39, 0.29) is 12.4 Å². The van der Waals surface area contributed by atoms with Crippen molar-refractivity contribution in [3.8, 4) is 0 Å². The Hall–Kier alpha value is -0.540. The summed E-state index contributed by atoms with van der Waals surface area (Å²) in [5.41, 5.74) is 0.613. The van der Waals surface area contributed by atoms with Gasteiger partial charge in [0.15, 0.2) is 0 Å². The number of halogens is 1. The van der Waals surface area contributed by atoms with Crippen LogP contribution < -0.4 is 5.32 Å². The molecule has 1 saturated heterocycles. The van der Waals surface area contributed by atoms with Crippen LogP contribution in [-0.2, 0) is 4.79 Å². The summed E-state index contributed by atoms with van der Waals surface area (Å²) in [7, 11) is 0. The van der Waals surface area contributed by atoms with E-state index in [1.165, 1.54) is 0 Å². The van der Waals surface area contributed by atoms with Gasteiger partial charge in [0.25, 0.3) is 0 Å². The highest BCUT2D eigenvalue weighted by Gasteiger charge is 2.33. The second-order valence-electron chi connectivity index (χ2n) is 3.28. The molecule has 0 spiro atoms. The van der Waals surface area contributed by atoms with Crippen molar-refractivity contribution in [1.29, 1.82) is 0 Å². The molecular formula is C8H12ClNO2. The summed E-state index contributed by atoms with van der Waals surface area (Å²) in [5, 5.41) is 11.9. The fourth-order valence-corrected chi connectivity index (χ4v) is 1.94. The quantitative estimate of drug-likeness (QED) is 0.637. The molecule has 2 unspecified atom stereocenters. The van der Waals surface area contributed by atoms with E-state index < -0.39 is 5.97 Å². The average Bonchev–Trinajstić information content (AvgIpc) is 2.40. The number of hydrogen-bond acceptors (Lipinski definition) is 2. The van der Waals surface area contributed by atoms with Crippen LogP contribution >= 0.6 is 12.4 Å². The summed E-state index contributed by atoms with van der Waals surface area (Å²) in [6.45, 7) is 1.94. The molecule has 2 atom stereocenters. The molecule has 0 bridgehead atoms. The summed E-state index contributed by atoms with van der Waals surface area (Å²) in [6.07, 6.45) is 2.67. The molecule has 0 saturated carbocycles. The highest BCUT2D eigenvalue weighted by Crippen LogP contribution is 2.32. The van der Waals surface area contributed by atoms with Crippen molar-refractivity contribution < 1.29 is 9.90 Å². The predicted molar refractivity (Wildman–Crippen MR) is 47.4 cm³/mol. The lowest BCUT2D eigenvalue weighted by Crippen LogP contribution is -2.10. The molecule has 2 aliphatic rings. The molecule has 0 radical (unpaired) electrons. The predicted octanol–water partition coefficient (Wildman–Crippen LogP) is 0.658. The molecule has 1 aliphatic carbocycles. The highest BCUT2D eigenvalue weighted by molar-refractivity contribution is 5.87. The number of hydrogen-bond donors (Lipinski definition) is 2. The van der Waals surface area contributed by atoms with Crippen LogP contribution in [0.25, 0.3) is 0 Å². The van der Waals surface area contributed by atoms with Crippen molar-refractivity contribution in [1.82, 2.24) is 5.32 Å². The number of fused-ring (bicyclic) bond motifs is 1. The van der Waals surface area contributed by atoms with Crippen LogP contribution in [0.5, 0.6) is 0 Å². The average molecular weight is 190 g/mol. The Morgan fingerprint density at radius 1 is 1.58 bits per heavy atom. The van der Waals surface area contributed by atoms with Gasteiger partial charge in [-0.1, -0.05) is 6.08 Å². The van der Waals surface area contributed by atoms with E-state index in [0.29, 0.717) is 17.4 Å². The summed E-state index contributed by atoms with van der Waals surface area (Å²) in [4.78, 5) is 10.5. The standard InChI is InChI=1S/C8H11NO2.ClH/c10-8(11)5-1-6-3-9-4-7(6)2-5;/h1,6-7,9H,2-4H2,(H,10,11);1H. The lowest BCUT2D eigenvalue weighted by atomic mass is 10.00. The fourth-order valence-electron chi connectivity index (χ4n) is 1.94. The minimum atomic E-state index is -0.737. The largest absolute Gasteiger partial charge is 0.478 e. The van der Waals surface area contributed by atoms with E-state index in [4.69, 9.17) is 5.11 Å². The SMILES string of the molecule is Cl.O=C(O)C1=CC2CNCC2C1. The molecule has 1 heterocycles. The molecule has 3 nitrogen and oxygen atoms in total. The normalized spacial score (nSPS) is 32.2. The van der Waals surface area contributed by atoms with Gasteiger partial charge in [0.2, 0.25) is 0 Å². The van der Waals surface area contributed by atoms with Crippen LogP contribution in [0.15, 0.2) is 11.6 Å². The van der Waals surface area contributed by atoms with E-state index in [9.17, 15) is 4.79 Å². The van der Waals surface area contributed by atoms with Crippen molar-refractivity contribution in [3.05, 3.63) is 11.6 Å². The van der Waals surface area contributed by atoms with Crippen LogP contribution in [0, 0.1) is 11.8 Å². The van der Waals surface area contributed by atoms with Gasteiger partial charge in [-0.25, -0.2) is 4.79 Å². The Balaban J connectivity index is 0.000000720. The first kappa shape index (κ1) is 9.55. The zero-order valence-corrected chi connectivity index (χ0v) is 7.43. The van der Waals surface area contributed by atoms with E-state index >= 15 is 0 Å². The summed E-state index contributed by atoms with van der Waals surface area (Å²) in [5.74, 6) is 0.307. The van der Waals surface area contributed by atoms with E-state index in [2.05, 4.69) is 5.32 Å². The first-order valence-electron chi connectivity index (χ1n) is 3.92. The van der Waals surface area contributed by atoms with E-state index in [1.54, 1.807) is 0 Å². The topological polar surface area (TPSA) is 49.3 Å². The Morgan fingerprint density at radius 2 is 2.33 bits per heavy atom. The van der Waals surface area contributed by atoms with Crippen molar-refractivity contribution >= 4 is 18.4 Å². The van der Waals surface area contributed by atoms with Crippen LogP contribution in [0.4, 0.5) is 0 Å². The highest BCUT2D eigenvalue weighted by atomic mass is 35.5. The fraction of sp³-hybridized carbons (Fsp3) is 0.625. The zero-order chi connectivity index (χ0) is 7.84. The number of carboxylic acids is 1. The first-order chi connectivity index (χ1) is 5.27. The molecular weight excluding hydrogens is 178 g/mol. The monoisotopic (exact) mass is 189 g/mol. The second kappa shape index (κ2) is 3.46. The molecule has 1 aliphatic heterocycles. The van der Waals surface area contributed by atoms with Gasteiger partial charge in [0.1, 0.15) is 0 Å².